The SMILES string of the molecule is CO[C@@H]1CCN2C[C@@H]1CCCCN(Cc1c(C)nn(C)c1C)CCOc1cccc(c1)C2=O. The Labute approximate surface area is 197 Å². The summed E-state index contributed by atoms with van der Waals surface area (Å²) in [5.41, 5.74) is 4.34. The summed E-state index contributed by atoms with van der Waals surface area (Å²) >= 11 is 0. The van der Waals surface area contributed by atoms with Crippen molar-refractivity contribution in [3.05, 3.63) is 46.8 Å². The number of fused-ring (bicyclic) bond motifs is 4. The van der Waals surface area contributed by atoms with Crippen LogP contribution >= 0.6 is 0 Å². The van der Waals surface area contributed by atoms with Gasteiger partial charge in [0.15, 0.2) is 0 Å². The molecule has 7 heteroatoms. The van der Waals surface area contributed by atoms with Crippen molar-refractivity contribution in [1.82, 2.24) is 19.6 Å². The minimum absolute atomic E-state index is 0.0963. The molecule has 1 aromatic carbocycles. The molecule has 0 spiro atoms. The molecule has 2 aliphatic heterocycles. The van der Waals surface area contributed by atoms with Crippen molar-refractivity contribution in [3.8, 4) is 5.75 Å². The summed E-state index contributed by atoms with van der Waals surface area (Å²) in [6.07, 6.45) is 4.46. The van der Waals surface area contributed by atoms with Gasteiger partial charge < -0.3 is 14.4 Å². The lowest BCUT2D eigenvalue weighted by molar-refractivity contribution is -0.00677. The fraction of sp³-hybridized carbons (Fsp3) is 0.615. The average Bonchev–Trinajstić information content (AvgIpc) is 3.06. The number of ether oxygens (including phenoxy) is 2. The van der Waals surface area contributed by atoms with Crippen molar-refractivity contribution in [2.45, 2.75) is 52.2 Å². The molecule has 1 saturated heterocycles. The van der Waals surface area contributed by atoms with Gasteiger partial charge in [-0.05, 0) is 57.9 Å². The van der Waals surface area contributed by atoms with Gasteiger partial charge in [-0.3, -0.25) is 14.4 Å². The van der Waals surface area contributed by atoms with Crippen LogP contribution in [0.15, 0.2) is 24.3 Å². The van der Waals surface area contributed by atoms with Crippen molar-refractivity contribution >= 4 is 5.91 Å². The van der Waals surface area contributed by atoms with E-state index in [1.165, 1.54) is 11.3 Å². The number of aromatic nitrogens is 2. The first kappa shape index (κ1) is 23.8. The fourth-order valence-electron chi connectivity index (χ4n) is 5.26. The number of piperidine rings is 1. The summed E-state index contributed by atoms with van der Waals surface area (Å²) in [7, 11) is 3.81. The van der Waals surface area contributed by atoms with E-state index in [1.54, 1.807) is 7.11 Å². The van der Waals surface area contributed by atoms with Crippen LogP contribution in [-0.4, -0.2) is 71.5 Å². The van der Waals surface area contributed by atoms with Crippen LogP contribution in [0.1, 0.15) is 53.0 Å². The lowest BCUT2D eigenvalue weighted by Gasteiger charge is -2.38. The highest BCUT2D eigenvalue weighted by Crippen LogP contribution is 2.27. The number of benzene rings is 1. The van der Waals surface area contributed by atoms with Crippen LogP contribution in [0.5, 0.6) is 5.75 Å². The van der Waals surface area contributed by atoms with Gasteiger partial charge in [-0.2, -0.15) is 5.10 Å². The molecule has 2 atom stereocenters. The van der Waals surface area contributed by atoms with Crippen LogP contribution in [0.4, 0.5) is 0 Å². The minimum atomic E-state index is 0.0963. The molecule has 2 aliphatic rings. The maximum absolute atomic E-state index is 13.2. The van der Waals surface area contributed by atoms with Gasteiger partial charge in [-0.15, -0.1) is 0 Å². The zero-order chi connectivity index (χ0) is 23.4. The zero-order valence-corrected chi connectivity index (χ0v) is 20.5. The molecule has 33 heavy (non-hydrogen) atoms. The Morgan fingerprint density at radius 2 is 2.00 bits per heavy atom. The molecular formula is C26H38N4O3. The Balaban J connectivity index is 1.53. The van der Waals surface area contributed by atoms with E-state index in [-0.39, 0.29) is 12.0 Å². The van der Waals surface area contributed by atoms with E-state index in [1.807, 2.05) is 40.9 Å². The molecule has 1 amide bonds. The van der Waals surface area contributed by atoms with Crippen LogP contribution in [0.3, 0.4) is 0 Å². The predicted octanol–water partition coefficient (Wildman–Crippen LogP) is 3.58. The van der Waals surface area contributed by atoms with Crippen LogP contribution < -0.4 is 4.74 Å². The number of carbonyl (C=O) groups is 1. The molecule has 1 aromatic heterocycles. The van der Waals surface area contributed by atoms with E-state index in [0.717, 1.165) is 69.9 Å². The smallest absolute Gasteiger partial charge is 0.254 e. The summed E-state index contributed by atoms with van der Waals surface area (Å²) < 4.78 is 13.9. The quantitative estimate of drug-likeness (QED) is 0.710. The summed E-state index contributed by atoms with van der Waals surface area (Å²) in [4.78, 5) is 17.7. The normalized spacial score (nSPS) is 23.0. The third kappa shape index (κ3) is 5.58. The minimum Gasteiger partial charge on any atom is -0.492 e. The Morgan fingerprint density at radius 1 is 1.15 bits per heavy atom. The van der Waals surface area contributed by atoms with Gasteiger partial charge in [0.05, 0.1) is 11.8 Å². The Morgan fingerprint density at radius 3 is 2.76 bits per heavy atom. The second kappa shape index (κ2) is 10.7. The summed E-state index contributed by atoms with van der Waals surface area (Å²) in [6, 6.07) is 7.64. The first-order chi connectivity index (χ1) is 16.0. The molecule has 7 nitrogen and oxygen atoms in total. The van der Waals surface area contributed by atoms with Crippen molar-refractivity contribution in [2.24, 2.45) is 13.0 Å². The average molecular weight is 455 g/mol. The lowest BCUT2D eigenvalue weighted by atomic mass is 9.89. The Bertz CT molecular complexity index is 957. The van der Waals surface area contributed by atoms with Gasteiger partial charge in [0.1, 0.15) is 12.4 Å². The molecule has 1 fully saturated rings. The molecular weight excluding hydrogens is 416 g/mol. The monoisotopic (exact) mass is 454 g/mol. The molecule has 0 saturated carbocycles. The van der Waals surface area contributed by atoms with Crippen molar-refractivity contribution in [2.75, 3.05) is 39.9 Å². The molecule has 2 aromatic rings. The van der Waals surface area contributed by atoms with Gasteiger partial charge in [0.2, 0.25) is 0 Å². The molecule has 0 N–H and O–H groups in total. The maximum Gasteiger partial charge on any atom is 0.254 e. The molecule has 3 heterocycles. The number of amides is 1. The summed E-state index contributed by atoms with van der Waals surface area (Å²) in [5.74, 6) is 1.24. The number of methoxy groups -OCH3 is 1. The first-order valence-corrected chi connectivity index (χ1v) is 12.2. The molecule has 0 unspecified atom stereocenters. The number of hydrogen-bond donors (Lipinski definition) is 0. The summed E-state index contributed by atoms with van der Waals surface area (Å²) in [5, 5.41) is 4.60. The van der Waals surface area contributed by atoms with Gasteiger partial charge in [-0.1, -0.05) is 12.5 Å². The van der Waals surface area contributed by atoms with Crippen LogP contribution in [0.2, 0.25) is 0 Å². The van der Waals surface area contributed by atoms with Crippen LogP contribution in [0.25, 0.3) is 0 Å². The van der Waals surface area contributed by atoms with Gasteiger partial charge >= 0.3 is 0 Å². The van der Waals surface area contributed by atoms with E-state index in [0.29, 0.717) is 18.1 Å². The van der Waals surface area contributed by atoms with Gasteiger partial charge in [0, 0.05) is 63.1 Å². The third-order valence-corrected chi connectivity index (χ3v) is 7.35. The van der Waals surface area contributed by atoms with Crippen LogP contribution in [0, 0.1) is 19.8 Å². The number of rotatable bonds is 3. The zero-order valence-electron chi connectivity index (χ0n) is 20.5. The Hall–Kier alpha value is -2.38. The van der Waals surface area contributed by atoms with E-state index in [2.05, 4.69) is 23.8 Å². The first-order valence-electron chi connectivity index (χ1n) is 12.2. The number of carbonyl (C=O) groups excluding carboxylic acids is 1. The lowest BCUT2D eigenvalue weighted by Crippen LogP contribution is -2.46. The molecule has 4 rings (SSSR count). The second-order valence-corrected chi connectivity index (χ2v) is 9.50. The molecule has 4 bridgehead atoms. The second-order valence-electron chi connectivity index (χ2n) is 9.50. The number of hydrogen-bond acceptors (Lipinski definition) is 5. The Kier molecular flexibility index (Phi) is 7.71. The molecule has 0 radical (unpaired) electrons. The van der Waals surface area contributed by atoms with Gasteiger partial charge in [0.25, 0.3) is 5.91 Å². The third-order valence-electron chi connectivity index (χ3n) is 7.35. The largest absolute Gasteiger partial charge is 0.492 e. The number of aryl methyl sites for hydroxylation is 2. The molecule has 0 aliphatic carbocycles. The standard InChI is InChI=1S/C26H38N4O3/c1-19-24(20(2)28(3)27-19)18-29-12-6-5-8-22-17-30(13-11-25(22)32-4)26(31)21-9-7-10-23(16-21)33-15-14-29/h7,9-10,16,22,25H,5-6,8,11-15,17-18H2,1-4H3/t22-,25+/m0/s1. The highest BCUT2D eigenvalue weighted by Gasteiger charge is 2.31. The maximum atomic E-state index is 13.2. The highest BCUT2D eigenvalue weighted by atomic mass is 16.5. The van der Waals surface area contributed by atoms with E-state index in [9.17, 15) is 4.79 Å². The summed E-state index contributed by atoms with van der Waals surface area (Å²) in [6.45, 7) is 9.07. The topological polar surface area (TPSA) is 59.8 Å². The van der Waals surface area contributed by atoms with Crippen molar-refractivity contribution in [3.63, 3.8) is 0 Å². The molecule has 180 valence electrons. The van der Waals surface area contributed by atoms with Crippen molar-refractivity contribution < 1.29 is 14.3 Å². The number of nitrogens with zero attached hydrogens (tertiary/aromatic N) is 4. The van der Waals surface area contributed by atoms with Gasteiger partial charge in [-0.25, -0.2) is 0 Å². The van der Waals surface area contributed by atoms with Crippen LogP contribution in [-0.2, 0) is 18.3 Å². The predicted molar refractivity (Wildman–Crippen MR) is 129 cm³/mol. The van der Waals surface area contributed by atoms with Crippen molar-refractivity contribution in [1.29, 1.82) is 0 Å². The van der Waals surface area contributed by atoms with E-state index in [4.69, 9.17) is 9.47 Å². The highest BCUT2D eigenvalue weighted by molar-refractivity contribution is 5.94. The fourth-order valence-corrected chi connectivity index (χ4v) is 5.26. The van der Waals surface area contributed by atoms with E-state index >= 15 is 0 Å². The van der Waals surface area contributed by atoms with E-state index < -0.39 is 0 Å².